The van der Waals surface area contributed by atoms with Gasteiger partial charge in [-0.2, -0.15) is 0 Å². The molecule has 2 rings (SSSR count). The summed E-state index contributed by atoms with van der Waals surface area (Å²) >= 11 is 6.01. The van der Waals surface area contributed by atoms with E-state index in [9.17, 15) is 4.39 Å². The lowest BCUT2D eigenvalue weighted by Gasteiger charge is -2.12. The number of aryl methyl sites for hydroxylation is 1. The molecule has 3 N–H and O–H groups in total. The minimum absolute atomic E-state index is 0.270. The van der Waals surface area contributed by atoms with Crippen LogP contribution in [0.25, 0.3) is 11.4 Å². The summed E-state index contributed by atoms with van der Waals surface area (Å²) < 4.78 is 13.0. The van der Waals surface area contributed by atoms with Crippen LogP contribution in [0.4, 0.5) is 10.2 Å². The zero-order chi connectivity index (χ0) is 14.0. The smallest absolute Gasteiger partial charge is 0.163 e. The molecule has 0 aliphatic heterocycles. The van der Waals surface area contributed by atoms with Crippen molar-refractivity contribution in [1.82, 2.24) is 9.97 Å². The number of hydrogen-bond donors (Lipinski definition) is 2. The molecular weight excluding hydrogens is 267 g/mol. The van der Waals surface area contributed by atoms with E-state index < -0.39 is 5.82 Å². The SMILES string of the molecule is CCc1c(C)nc(-c2ccc(F)cc2Cl)nc1NN. The zero-order valence-corrected chi connectivity index (χ0v) is 11.4. The van der Waals surface area contributed by atoms with E-state index in [1.54, 1.807) is 6.07 Å². The number of nitrogens with two attached hydrogens (primary N) is 1. The number of halogens is 2. The molecule has 0 saturated heterocycles. The Balaban J connectivity index is 2.60. The molecule has 6 heteroatoms. The lowest BCUT2D eigenvalue weighted by Crippen LogP contribution is -2.13. The highest BCUT2D eigenvalue weighted by atomic mass is 35.5. The lowest BCUT2D eigenvalue weighted by molar-refractivity contribution is 0.628. The minimum atomic E-state index is -0.396. The van der Waals surface area contributed by atoms with Gasteiger partial charge in [0.05, 0.1) is 5.02 Å². The molecule has 1 heterocycles. The molecule has 0 aliphatic rings. The highest BCUT2D eigenvalue weighted by molar-refractivity contribution is 6.33. The van der Waals surface area contributed by atoms with Crippen molar-refractivity contribution >= 4 is 17.4 Å². The van der Waals surface area contributed by atoms with E-state index in [1.807, 2.05) is 13.8 Å². The molecule has 19 heavy (non-hydrogen) atoms. The Kier molecular flexibility index (Phi) is 3.97. The van der Waals surface area contributed by atoms with Crippen molar-refractivity contribution in [2.24, 2.45) is 5.84 Å². The highest BCUT2D eigenvalue weighted by Crippen LogP contribution is 2.28. The van der Waals surface area contributed by atoms with Crippen molar-refractivity contribution in [2.75, 3.05) is 5.43 Å². The molecule has 0 amide bonds. The van der Waals surface area contributed by atoms with Gasteiger partial charge < -0.3 is 5.43 Å². The average molecular weight is 281 g/mol. The van der Waals surface area contributed by atoms with E-state index in [2.05, 4.69) is 15.4 Å². The number of hydrogen-bond acceptors (Lipinski definition) is 4. The van der Waals surface area contributed by atoms with E-state index in [1.165, 1.54) is 12.1 Å². The second kappa shape index (κ2) is 5.50. The van der Waals surface area contributed by atoms with Crippen molar-refractivity contribution in [3.8, 4) is 11.4 Å². The zero-order valence-electron chi connectivity index (χ0n) is 10.7. The number of benzene rings is 1. The third-order valence-electron chi connectivity index (χ3n) is 2.88. The molecule has 0 fully saturated rings. The van der Waals surface area contributed by atoms with Crippen LogP contribution in [0.1, 0.15) is 18.2 Å². The van der Waals surface area contributed by atoms with E-state index in [0.717, 1.165) is 17.7 Å². The second-order valence-electron chi connectivity index (χ2n) is 4.08. The molecule has 0 spiro atoms. The van der Waals surface area contributed by atoms with Crippen molar-refractivity contribution in [3.05, 3.63) is 40.3 Å². The summed E-state index contributed by atoms with van der Waals surface area (Å²) in [5.41, 5.74) is 4.90. The monoisotopic (exact) mass is 280 g/mol. The van der Waals surface area contributed by atoms with Crippen LogP contribution in [0.2, 0.25) is 5.02 Å². The number of nitrogens with one attached hydrogen (secondary N) is 1. The normalized spacial score (nSPS) is 10.6. The van der Waals surface area contributed by atoms with Crippen LogP contribution in [0.15, 0.2) is 18.2 Å². The Morgan fingerprint density at radius 2 is 2.11 bits per heavy atom. The first-order valence-corrected chi connectivity index (χ1v) is 6.24. The summed E-state index contributed by atoms with van der Waals surface area (Å²) in [7, 11) is 0. The number of nitrogens with zero attached hydrogens (tertiary/aromatic N) is 2. The van der Waals surface area contributed by atoms with Gasteiger partial charge in [-0.05, 0) is 31.5 Å². The molecule has 0 bridgehead atoms. The summed E-state index contributed by atoms with van der Waals surface area (Å²) in [6, 6.07) is 4.11. The fraction of sp³-hybridized carbons (Fsp3) is 0.231. The standard InChI is InChI=1S/C13H14ClFN4/c1-3-9-7(2)17-12(18-13(9)19-16)10-5-4-8(15)6-11(10)14/h4-6H,3,16H2,1-2H3,(H,17,18,19). The van der Waals surface area contributed by atoms with Crippen LogP contribution < -0.4 is 11.3 Å². The van der Waals surface area contributed by atoms with E-state index in [0.29, 0.717) is 17.2 Å². The second-order valence-corrected chi connectivity index (χ2v) is 4.49. The van der Waals surface area contributed by atoms with Crippen molar-refractivity contribution in [3.63, 3.8) is 0 Å². The number of aromatic nitrogens is 2. The molecule has 0 aliphatic carbocycles. The molecule has 1 aromatic carbocycles. The van der Waals surface area contributed by atoms with E-state index in [4.69, 9.17) is 17.4 Å². The molecule has 1 aromatic heterocycles. The first-order valence-electron chi connectivity index (χ1n) is 5.86. The number of rotatable bonds is 3. The minimum Gasteiger partial charge on any atom is -0.308 e. The summed E-state index contributed by atoms with van der Waals surface area (Å²) in [6.45, 7) is 3.87. The van der Waals surface area contributed by atoms with Gasteiger partial charge in [-0.25, -0.2) is 20.2 Å². The van der Waals surface area contributed by atoms with Gasteiger partial charge in [0, 0.05) is 16.8 Å². The van der Waals surface area contributed by atoms with Crippen molar-refractivity contribution < 1.29 is 4.39 Å². The van der Waals surface area contributed by atoms with Gasteiger partial charge in [-0.3, -0.25) is 0 Å². The topological polar surface area (TPSA) is 63.8 Å². The van der Waals surface area contributed by atoms with Crippen LogP contribution in [0.3, 0.4) is 0 Å². The third-order valence-corrected chi connectivity index (χ3v) is 3.19. The fourth-order valence-corrected chi connectivity index (χ4v) is 2.18. The maximum absolute atomic E-state index is 13.0. The van der Waals surface area contributed by atoms with Crippen LogP contribution in [-0.2, 0) is 6.42 Å². The van der Waals surface area contributed by atoms with Gasteiger partial charge in [-0.15, -0.1) is 0 Å². The van der Waals surface area contributed by atoms with E-state index in [-0.39, 0.29) is 5.02 Å². The number of anilines is 1. The van der Waals surface area contributed by atoms with Crippen molar-refractivity contribution in [1.29, 1.82) is 0 Å². The molecule has 0 unspecified atom stereocenters. The molecule has 100 valence electrons. The summed E-state index contributed by atoms with van der Waals surface area (Å²) in [6.07, 6.45) is 0.767. The van der Waals surface area contributed by atoms with E-state index >= 15 is 0 Å². The van der Waals surface area contributed by atoms with Gasteiger partial charge in [0.25, 0.3) is 0 Å². The molecule has 0 atom stereocenters. The molecular formula is C13H14ClFN4. The fourth-order valence-electron chi connectivity index (χ4n) is 1.93. The summed E-state index contributed by atoms with van der Waals surface area (Å²) in [5, 5.41) is 0.270. The van der Waals surface area contributed by atoms with Gasteiger partial charge in [0.1, 0.15) is 11.6 Å². The average Bonchev–Trinajstić information content (AvgIpc) is 2.37. The van der Waals surface area contributed by atoms with Crippen LogP contribution in [-0.4, -0.2) is 9.97 Å². The van der Waals surface area contributed by atoms with Crippen molar-refractivity contribution in [2.45, 2.75) is 20.3 Å². The summed E-state index contributed by atoms with van der Waals surface area (Å²) in [4.78, 5) is 8.73. The van der Waals surface area contributed by atoms with Crippen LogP contribution >= 0.6 is 11.6 Å². The first kappa shape index (κ1) is 13.7. The molecule has 0 saturated carbocycles. The largest absolute Gasteiger partial charge is 0.308 e. The third kappa shape index (κ3) is 2.67. The lowest BCUT2D eigenvalue weighted by atomic mass is 10.1. The van der Waals surface area contributed by atoms with Gasteiger partial charge >= 0.3 is 0 Å². The Morgan fingerprint density at radius 1 is 1.37 bits per heavy atom. The van der Waals surface area contributed by atoms with Crippen LogP contribution in [0, 0.1) is 12.7 Å². The Bertz CT molecular complexity index is 616. The molecule has 0 radical (unpaired) electrons. The molecule has 4 nitrogen and oxygen atoms in total. The molecule has 2 aromatic rings. The van der Waals surface area contributed by atoms with Gasteiger partial charge in [-0.1, -0.05) is 18.5 Å². The number of nitrogen functional groups attached to an aromatic ring is 1. The van der Waals surface area contributed by atoms with Crippen LogP contribution in [0.5, 0.6) is 0 Å². The maximum Gasteiger partial charge on any atom is 0.163 e. The maximum atomic E-state index is 13.0. The Morgan fingerprint density at radius 3 is 2.68 bits per heavy atom. The number of hydrazine groups is 1. The summed E-state index contributed by atoms with van der Waals surface area (Å²) in [5.74, 6) is 6.06. The van der Waals surface area contributed by atoms with Gasteiger partial charge in [0.15, 0.2) is 5.82 Å². The highest BCUT2D eigenvalue weighted by Gasteiger charge is 2.13. The first-order chi connectivity index (χ1) is 9.06. The predicted octanol–water partition coefficient (Wildman–Crippen LogP) is 3.09. The quantitative estimate of drug-likeness (QED) is 0.670. The van der Waals surface area contributed by atoms with Gasteiger partial charge in [0.2, 0.25) is 0 Å². The predicted molar refractivity (Wildman–Crippen MR) is 74.4 cm³/mol. The Hall–Kier alpha value is -1.72. The Labute approximate surface area is 115 Å².